The third-order valence-corrected chi connectivity index (χ3v) is 2.89. The van der Waals surface area contributed by atoms with Gasteiger partial charge in [0.15, 0.2) is 0 Å². The van der Waals surface area contributed by atoms with Crippen LogP contribution < -0.4 is 5.73 Å². The van der Waals surface area contributed by atoms with Crippen LogP contribution in [-0.2, 0) is 14.3 Å². The van der Waals surface area contributed by atoms with Gasteiger partial charge in [-0.15, -0.1) is 0 Å². The second-order valence-corrected chi connectivity index (χ2v) is 4.54. The highest BCUT2D eigenvalue weighted by molar-refractivity contribution is 5.69. The predicted molar refractivity (Wildman–Crippen MR) is 68.7 cm³/mol. The molecule has 1 unspecified atom stereocenters. The number of nitrogens with two attached hydrogens (primary N) is 1. The lowest BCUT2D eigenvalue weighted by Gasteiger charge is -2.19. The molecule has 1 atom stereocenters. The number of esters is 1. The summed E-state index contributed by atoms with van der Waals surface area (Å²) < 4.78 is 10.1. The van der Waals surface area contributed by atoms with Gasteiger partial charge in [0, 0.05) is 13.0 Å². The number of rotatable bonds is 10. The molecule has 4 heteroatoms. The van der Waals surface area contributed by atoms with Crippen molar-refractivity contribution in [3.05, 3.63) is 0 Å². The van der Waals surface area contributed by atoms with Gasteiger partial charge >= 0.3 is 5.97 Å². The monoisotopic (exact) mass is 245 g/mol. The average molecular weight is 245 g/mol. The van der Waals surface area contributed by atoms with Crippen LogP contribution in [0.2, 0.25) is 0 Å². The summed E-state index contributed by atoms with van der Waals surface area (Å²) in [6, 6.07) is 0. The lowest BCUT2D eigenvalue weighted by atomic mass is 9.88. The highest BCUT2D eigenvalue weighted by Gasteiger charge is 2.14. The Morgan fingerprint density at radius 2 is 1.94 bits per heavy atom. The summed E-state index contributed by atoms with van der Waals surface area (Å²) in [6.45, 7) is 8.43. The minimum absolute atomic E-state index is 0.132. The summed E-state index contributed by atoms with van der Waals surface area (Å²) in [4.78, 5) is 11.4. The van der Waals surface area contributed by atoms with E-state index in [1.54, 1.807) is 0 Å². The Hall–Kier alpha value is -0.610. The Labute approximate surface area is 105 Å². The fraction of sp³-hybridized carbons (Fsp3) is 0.923. The van der Waals surface area contributed by atoms with Crippen LogP contribution in [-0.4, -0.2) is 32.3 Å². The molecule has 0 saturated heterocycles. The van der Waals surface area contributed by atoms with Gasteiger partial charge in [-0.3, -0.25) is 4.79 Å². The quantitative estimate of drug-likeness (QED) is 0.472. The fourth-order valence-electron chi connectivity index (χ4n) is 1.76. The van der Waals surface area contributed by atoms with Gasteiger partial charge < -0.3 is 15.2 Å². The first-order chi connectivity index (χ1) is 8.11. The van der Waals surface area contributed by atoms with E-state index in [1.807, 2.05) is 6.92 Å². The van der Waals surface area contributed by atoms with E-state index in [-0.39, 0.29) is 5.97 Å². The number of ether oxygens (including phenoxy) is 2. The smallest absolute Gasteiger partial charge is 0.305 e. The van der Waals surface area contributed by atoms with E-state index in [9.17, 15) is 4.79 Å². The van der Waals surface area contributed by atoms with E-state index < -0.39 is 0 Å². The van der Waals surface area contributed by atoms with Crippen LogP contribution in [0.15, 0.2) is 0 Å². The summed E-state index contributed by atoms with van der Waals surface area (Å²) in [6.07, 6.45) is 2.32. The van der Waals surface area contributed by atoms with E-state index in [1.165, 1.54) is 0 Å². The van der Waals surface area contributed by atoms with Crippen molar-refractivity contribution in [3.63, 3.8) is 0 Å². The van der Waals surface area contributed by atoms with Gasteiger partial charge in [-0.1, -0.05) is 13.8 Å². The molecule has 0 radical (unpaired) electrons. The molecule has 0 rings (SSSR count). The van der Waals surface area contributed by atoms with Crippen molar-refractivity contribution in [3.8, 4) is 0 Å². The Morgan fingerprint density at radius 1 is 1.24 bits per heavy atom. The lowest BCUT2D eigenvalue weighted by molar-refractivity contribution is -0.145. The zero-order valence-electron chi connectivity index (χ0n) is 11.4. The number of hydrogen-bond donors (Lipinski definition) is 1. The van der Waals surface area contributed by atoms with Gasteiger partial charge in [-0.2, -0.15) is 0 Å². The van der Waals surface area contributed by atoms with Crippen LogP contribution in [0.1, 0.15) is 40.0 Å². The number of hydrogen-bond acceptors (Lipinski definition) is 4. The number of carbonyl (C=O) groups excluding carboxylic acids is 1. The van der Waals surface area contributed by atoms with Crippen molar-refractivity contribution >= 4 is 5.97 Å². The maximum Gasteiger partial charge on any atom is 0.305 e. The molecular formula is C13H27NO3. The van der Waals surface area contributed by atoms with Gasteiger partial charge in [0.05, 0.1) is 6.61 Å². The molecule has 0 fully saturated rings. The predicted octanol–water partition coefficient (Wildman–Crippen LogP) is 1.97. The largest absolute Gasteiger partial charge is 0.463 e. The summed E-state index contributed by atoms with van der Waals surface area (Å²) in [7, 11) is 0. The van der Waals surface area contributed by atoms with Crippen LogP contribution in [0.3, 0.4) is 0 Å². The Bertz CT molecular complexity index is 195. The molecule has 102 valence electrons. The van der Waals surface area contributed by atoms with Gasteiger partial charge in [0.25, 0.3) is 0 Å². The second kappa shape index (κ2) is 10.5. The average Bonchev–Trinajstić information content (AvgIpc) is 2.29. The van der Waals surface area contributed by atoms with Crippen molar-refractivity contribution in [1.82, 2.24) is 0 Å². The van der Waals surface area contributed by atoms with E-state index in [4.69, 9.17) is 15.2 Å². The normalized spacial score (nSPS) is 12.8. The maximum atomic E-state index is 11.4. The molecule has 0 aromatic rings. The topological polar surface area (TPSA) is 61.5 Å². The van der Waals surface area contributed by atoms with Gasteiger partial charge in [-0.25, -0.2) is 0 Å². The maximum absolute atomic E-state index is 11.4. The minimum atomic E-state index is -0.132. The van der Waals surface area contributed by atoms with Gasteiger partial charge in [-0.05, 0) is 38.1 Å². The van der Waals surface area contributed by atoms with Crippen LogP contribution in [0.4, 0.5) is 0 Å². The molecule has 0 saturated carbocycles. The third kappa shape index (κ3) is 9.12. The van der Waals surface area contributed by atoms with Crippen LogP contribution in [0.5, 0.6) is 0 Å². The molecule has 0 heterocycles. The van der Waals surface area contributed by atoms with Crippen molar-refractivity contribution in [2.24, 2.45) is 17.6 Å². The van der Waals surface area contributed by atoms with E-state index >= 15 is 0 Å². The highest BCUT2D eigenvalue weighted by atomic mass is 16.6. The third-order valence-electron chi connectivity index (χ3n) is 2.89. The molecule has 0 spiro atoms. The molecule has 0 aromatic carbocycles. The Kier molecular flexibility index (Phi) is 10.2. The Balaban J connectivity index is 3.65. The lowest BCUT2D eigenvalue weighted by Crippen LogP contribution is -2.17. The standard InChI is InChI=1S/C13H27NO3/c1-4-16-9-10-17-13(15)6-5-12(7-8-14)11(2)3/h11-12H,4-10,14H2,1-3H3. The van der Waals surface area contributed by atoms with Crippen molar-refractivity contribution in [1.29, 1.82) is 0 Å². The van der Waals surface area contributed by atoms with Crippen molar-refractivity contribution < 1.29 is 14.3 Å². The second-order valence-electron chi connectivity index (χ2n) is 4.54. The van der Waals surface area contributed by atoms with E-state index in [2.05, 4.69) is 13.8 Å². The molecule has 4 nitrogen and oxygen atoms in total. The molecule has 0 amide bonds. The van der Waals surface area contributed by atoms with Crippen molar-refractivity contribution in [2.45, 2.75) is 40.0 Å². The highest BCUT2D eigenvalue weighted by Crippen LogP contribution is 2.20. The number of carbonyl (C=O) groups is 1. The van der Waals surface area contributed by atoms with Crippen LogP contribution in [0, 0.1) is 11.8 Å². The molecule has 2 N–H and O–H groups in total. The van der Waals surface area contributed by atoms with Crippen LogP contribution in [0.25, 0.3) is 0 Å². The Morgan fingerprint density at radius 3 is 2.47 bits per heavy atom. The summed E-state index contributed by atoms with van der Waals surface area (Å²) in [5.74, 6) is 0.946. The zero-order chi connectivity index (χ0) is 13.1. The molecule has 0 aliphatic heterocycles. The summed E-state index contributed by atoms with van der Waals surface area (Å²) >= 11 is 0. The first kappa shape index (κ1) is 16.4. The van der Waals surface area contributed by atoms with Gasteiger partial charge in [0.1, 0.15) is 6.61 Å². The zero-order valence-corrected chi connectivity index (χ0v) is 11.4. The molecule has 0 bridgehead atoms. The molecule has 0 aliphatic rings. The SMILES string of the molecule is CCOCCOC(=O)CCC(CCN)C(C)C. The minimum Gasteiger partial charge on any atom is -0.463 e. The first-order valence-corrected chi connectivity index (χ1v) is 6.55. The fourth-order valence-corrected chi connectivity index (χ4v) is 1.76. The summed E-state index contributed by atoms with van der Waals surface area (Å²) in [5.41, 5.74) is 5.55. The van der Waals surface area contributed by atoms with Crippen LogP contribution >= 0.6 is 0 Å². The molecule has 17 heavy (non-hydrogen) atoms. The first-order valence-electron chi connectivity index (χ1n) is 6.55. The van der Waals surface area contributed by atoms with E-state index in [0.717, 1.165) is 12.8 Å². The van der Waals surface area contributed by atoms with Gasteiger partial charge in [0.2, 0.25) is 0 Å². The molecule has 0 aliphatic carbocycles. The summed E-state index contributed by atoms with van der Waals surface area (Å²) in [5, 5.41) is 0. The van der Waals surface area contributed by atoms with Crippen molar-refractivity contribution in [2.75, 3.05) is 26.4 Å². The molecule has 0 aromatic heterocycles. The molecular weight excluding hydrogens is 218 g/mol. The van der Waals surface area contributed by atoms with E-state index in [0.29, 0.717) is 44.6 Å².